The number of halogens is 1. The van der Waals surface area contributed by atoms with E-state index in [1.807, 2.05) is 20.8 Å². The first-order chi connectivity index (χ1) is 7.40. The van der Waals surface area contributed by atoms with E-state index in [0.717, 1.165) is 0 Å². The van der Waals surface area contributed by atoms with Crippen molar-refractivity contribution in [3.63, 3.8) is 0 Å². The number of hydrogen-bond acceptors (Lipinski definition) is 2. The summed E-state index contributed by atoms with van der Waals surface area (Å²) >= 11 is 5.88. The van der Waals surface area contributed by atoms with Gasteiger partial charge in [0.1, 0.15) is 0 Å². The van der Waals surface area contributed by atoms with Crippen LogP contribution in [0.3, 0.4) is 0 Å². The Hall–Kier alpha value is -1.35. The highest BCUT2D eigenvalue weighted by molar-refractivity contribution is 6.33. The zero-order valence-corrected chi connectivity index (χ0v) is 10.4. The zero-order valence-electron chi connectivity index (χ0n) is 9.62. The van der Waals surface area contributed by atoms with E-state index in [-0.39, 0.29) is 11.3 Å². The van der Waals surface area contributed by atoms with Gasteiger partial charge in [-0.05, 0) is 17.5 Å². The number of carbonyl (C=O) groups is 1. The van der Waals surface area contributed by atoms with Gasteiger partial charge in [-0.2, -0.15) is 5.10 Å². The van der Waals surface area contributed by atoms with Crippen molar-refractivity contribution in [3.05, 3.63) is 34.9 Å². The second-order valence-corrected chi connectivity index (χ2v) is 4.95. The van der Waals surface area contributed by atoms with E-state index in [2.05, 4.69) is 10.5 Å². The quantitative estimate of drug-likeness (QED) is 0.624. The summed E-state index contributed by atoms with van der Waals surface area (Å²) in [4.78, 5) is 11.6. The van der Waals surface area contributed by atoms with Gasteiger partial charge in [0.25, 0.3) is 5.91 Å². The lowest BCUT2D eigenvalue weighted by Gasteiger charge is -2.09. The number of hydrazone groups is 1. The molecule has 0 atom stereocenters. The van der Waals surface area contributed by atoms with Gasteiger partial charge in [-0.3, -0.25) is 4.79 Å². The molecule has 16 heavy (non-hydrogen) atoms. The van der Waals surface area contributed by atoms with Crippen LogP contribution in [0, 0.1) is 5.41 Å². The highest BCUT2D eigenvalue weighted by Gasteiger charge is 2.09. The molecule has 0 aliphatic carbocycles. The van der Waals surface area contributed by atoms with Gasteiger partial charge in [-0.15, -0.1) is 0 Å². The molecule has 1 aromatic carbocycles. The van der Waals surface area contributed by atoms with Gasteiger partial charge in [0.15, 0.2) is 0 Å². The minimum Gasteiger partial charge on any atom is -0.267 e. The molecule has 1 amide bonds. The molecule has 0 spiro atoms. The third-order valence-corrected chi connectivity index (χ3v) is 2.07. The largest absolute Gasteiger partial charge is 0.272 e. The van der Waals surface area contributed by atoms with Crippen LogP contribution in [0.25, 0.3) is 0 Å². The van der Waals surface area contributed by atoms with Crippen molar-refractivity contribution >= 4 is 23.7 Å². The standard InChI is InChI=1S/C12H15ClN2O/c1-12(2,3)8-14-15-11(16)9-6-4-5-7-10(9)13/h4-8H,1-3H3,(H,15,16)/b14-8+. The Balaban J connectivity index is 2.68. The topological polar surface area (TPSA) is 41.5 Å². The van der Waals surface area contributed by atoms with Gasteiger partial charge in [-0.25, -0.2) is 5.43 Å². The Morgan fingerprint density at radius 3 is 2.56 bits per heavy atom. The number of rotatable bonds is 2. The molecule has 0 unspecified atom stereocenters. The summed E-state index contributed by atoms with van der Waals surface area (Å²) < 4.78 is 0. The van der Waals surface area contributed by atoms with E-state index < -0.39 is 0 Å². The second kappa shape index (κ2) is 5.12. The number of nitrogens with one attached hydrogen (secondary N) is 1. The van der Waals surface area contributed by atoms with Crippen LogP contribution in [-0.4, -0.2) is 12.1 Å². The van der Waals surface area contributed by atoms with Crippen molar-refractivity contribution in [1.82, 2.24) is 5.43 Å². The molecule has 3 nitrogen and oxygen atoms in total. The summed E-state index contributed by atoms with van der Waals surface area (Å²) in [6.45, 7) is 5.99. The predicted octanol–water partition coefficient (Wildman–Crippen LogP) is 3.10. The van der Waals surface area contributed by atoms with E-state index in [1.165, 1.54) is 0 Å². The first-order valence-electron chi connectivity index (χ1n) is 4.99. The van der Waals surface area contributed by atoms with E-state index in [9.17, 15) is 4.79 Å². The summed E-state index contributed by atoms with van der Waals surface area (Å²) in [7, 11) is 0. The fourth-order valence-electron chi connectivity index (χ4n) is 0.990. The SMILES string of the molecule is CC(C)(C)/C=N/NC(=O)c1ccccc1Cl. The molecular weight excluding hydrogens is 224 g/mol. The van der Waals surface area contributed by atoms with Crippen LogP contribution in [0.4, 0.5) is 0 Å². The first kappa shape index (κ1) is 12.7. The van der Waals surface area contributed by atoms with Crippen LogP contribution < -0.4 is 5.43 Å². The molecule has 0 aliphatic heterocycles. The summed E-state index contributed by atoms with van der Waals surface area (Å²) in [5, 5.41) is 4.30. The highest BCUT2D eigenvalue weighted by atomic mass is 35.5. The average Bonchev–Trinajstić information content (AvgIpc) is 2.16. The van der Waals surface area contributed by atoms with E-state index >= 15 is 0 Å². The molecule has 0 aliphatic rings. The Kier molecular flexibility index (Phi) is 4.07. The Bertz CT molecular complexity index is 408. The molecular formula is C12H15ClN2O. The van der Waals surface area contributed by atoms with Crippen LogP contribution >= 0.6 is 11.6 Å². The molecule has 0 bridgehead atoms. The van der Waals surface area contributed by atoms with Gasteiger partial charge in [0.05, 0.1) is 10.6 Å². The van der Waals surface area contributed by atoms with Crippen LogP contribution in [-0.2, 0) is 0 Å². The molecule has 0 saturated carbocycles. The molecule has 0 aromatic heterocycles. The maximum atomic E-state index is 11.6. The van der Waals surface area contributed by atoms with Crippen LogP contribution in [0.1, 0.15) is 31.1 Å². The zero-order chi connectivity index (χ0) is 12.2. The van der Waals surface area contributed by atoms with Crippen LogP contribution in [0.15, 0.2) is 29.4 Å². The Morgan fingerprint density at radius 1 is 1.38 bits per heavy atom. The number of nitrogens with zero attached hydrogens (tertiary/aromatic N) is 1. The van der Waals surface area contributed by atoms with Crippen LogP contribution in [0.2, 0.25) is 5.02 Å². The number of amides is 1. The maximum Gasteiger partial charge on any atom is 0.272 e. The van der Waals surface area contributed by atoms with Gasteiger partial charge >= 0.3 is 0 Å². The van der Waals surface area contributed by atoms with Gasteiger partial charge in [0.2, 0.25) is 0 Å². The maximum absolute atomic E-state index is 11.6. The summed E-state index contributed by atoms with van der Waals surface area (Å²) in [6, 6.07) is 6.86. The van der Waals surface area contributed by atoms with Crippen molar-refractivity contribution in [2.75, 3.05) is 0 Å². The number of carbonyl (C=O) groups excluding carboxylic acids is 1. The van der Waals surface area contributed by atoms with Crippen molar-refractivity contribution < 1.29 is 4.79 Å². The predicted molar refractivity (Wildman–Crippen MR) is 66.9 cm³/mol. The molecule has 0 fully saturated rings. The smallest absolute Gasteiger partial charge is 0.267 e. The fourth-order valence-corrected chi connectivity index (χ4v) is 1.21. The molecule has 0 heterocycles. The lowest BCUT2D eigenvalue weighted by Crippen LogP contribution is -2.20. The minimum absolute atomic E-state index is 0.0617. The molecule has 4 heteroatoms. The average molecular weight is 239 g/mol. The molecule has 0 radical (unpaired) electrons. The summed E-state index contributed by atoms with van der Waals surface area (Å²) in [5.74, 6) is -0.300. The van der Waals surface area contributed by atoms with E-state index in [0.29, 0.717) is 10.6 Å². The van der Waals surface area contributed by atoms with Crippen molar-refractivity contribution in [1.29, 1.82) is 0 Å². The molecule has 0 saturated heterocycles. The molecule has 86 valence electrons. The second-order valence-electron chi connectivity index (χ2n) is 4.54. The Labute approximate surface area is 101 Å². The van der Waals surface area contributed by atoms with Crippen molar-refractivity contribution in [2.45, 2.75) is 20.8 Å². The molecule has 1 rings (SSSR count). The van der Waals surface area contributed by atoms with Gasteiger partial charge < -0.3 is 0 Å². The third kappa shape index (κ3) is 4.03. The van der Waals surface area contributed by atoms with Crippen molar-refractivity contribution in [2.24, 2.45) is 10.5 Å². The lowest BCUT2D eigenvalue weighted by atomic mass is 9.99. The van der Waals surface area contributed by atoms with Crippen molar-refractivity contribution in [3.8, 4) is 0 Å². The highest BCUT2D eigenvalue weighted by Crippen LogP contribution is 2.14. The first-order valence-corrected chi connectivity index (χ1v) is 5.37. The molecule has 1 aromatic rings. The monoisotopic (exact) mass is 238 g/mol. The van der Waals surface area contributed by atoms with Gasteiger partial charge in [0, 0.05) is 6.21 Å². The third-order valence-electron chi connectivity index (χ3n) is 1.74. The minimum atomic E-state index is -0.300. The summed E-state index contributed by atoms with van der Waals surface area (Å²) in [5.41, 5.74) is 2.81. The lowest BCUT2D eigenvalue weighted by molar-refractivity contribution is 0.0955. The van der Waals surface area contributed by atoms with E-state index in [4.69, 9.17) is 11.6 Å². The number of benzene rings is 1. The number of hydrogen-bond donors (Lipinski definition) is 1. The van der Waals surface area contributed by atoms with Crippen LogP contribution in [0.5, 0.6) is 0 Å². The fraction of sp³-hybridized carbons (Fsp3) is 0.333. The molecule has 1 N–H and O–H groups in total. The summed E-state index contributed by atoms with van der Waals surface area (Å²) in [6.07, 6.45) is 1.68. The van der Waals surface area contributed by atoms with E-state index in [1.54, 1.807) is 30.5 Å². The normalized spacial score (nSPS) is 11.8. The van der Waals surface area contributed by atoms with Gasteiger partial charge in [-0.1, -0.05) is 44.5 Å². The Morgan fingerprint density at radius 2 is 2.00 bits per heavy atom.